The number of hydrogen-bond donors (Lipinski definition) is 1. The molecule has 12 heavy (non-hydrogen) atoms. The van der Waals surface area contributed by atoms with E-state index >= 15 is 0 Å². The Balaban J connectivity index is 2.52. The number of rotatable bonds is 3. The Morgan fingerprint density at radius 3 is 2.50 bits per heavy atom. The molecule has 0 saturated heterocycles. The predicted octanol–water partition coefficient (Wildman–Crippen LogP) is 2.25. The van der Waals surface area contributed by atoms with Crippen molar-refractivity contribution in [3.05, 3.63) is 54.1 Å². The summed E-state index contributed by atoms with van der Waals surface area (Å²) in [6, 6.07) is 10.0. The van der Waals surface area contributed by atoms with Crippen LogP contribution < -0.4 is 0 Å². The number of benzene rings is 1. The van der Waals surface area contributed by atoms with Crippen LogP contribution in [-0.4, -0.2) is 11.7 Å². The van der Waals surface area contributed by atoms with Gasteiger partial charge in [0.25, 0.3) is 0 Å². The fourth-order valence-electron chi connectivity index (χ4n) is 0.870. The van der Waals surface area contributed by atoms with Crippen LogP contribution in [0.15, 0.2) is 48.6 Å². The van der Waals surface area contributed by atoms with Gasteiger partial charge in [0.15, 0.2) is 0 Å². The van der Waals surface area contributed by atoms with E-state index < -0.39 is 0 Å². The topological polar surface area (TPSA) is 20.2 Å². The summed E-state index contributed by atoms with van der Waals surface area (Å²) < 4.78 is 0. The summed E-state index contributed by atoms with van der Waals surface area (Å²) in [6.45, 7) is 0.0964. The van der Waals surface area contributed by atoms with Gasteiger partial charge in [0, 0.05) is 0 Å². The number of aliphatic hydroxyl groups is 1. The number of allylic oxidation sites excluding steroid dienone is 2. The molecule has 0 fully saturated rings. The molecule has 0 radical (unpaired) electrons. The van der Waals surface area contributed by atoms with Crippen LogP contribution >= 0.6 is 0 Å². The Bertz CT molecular complexity index is 260. The molecular formula is C11H12O. The highest BCUT2D eigenvalue weighted by molar-refractivity contribution is 5.50. The molecule has 1 aromatic carbocycles. The first-order valence-electron chi connectivity index (χ1n) is 3.92. The minimum absolute atomic E-state index is 0.0964. The van der Waals surface area contributed by atoms with E-state index in [9.17, 15) is 0 Å². The first-order valence-corrected chi connectivity index (χ1v) is 3.92. The molecule has 62 valence electrons. The van der Waals surface area contributed by atoms with Crippen LogP contribution in [0.25, 0.3) is 6.08 Å². The van der Waals surface area contributed by atoms with Gasteiger partial charge in [-0.1, -0.05) is 54.6 Å². The molecule has 0 saturated carbocycles. The molecule has 0 unspecified atom stereocenters. The molecule has 0 bridgehead atoms. The van der Waals surface area contributed by atoms with Gasteiger partial charge in [-0.25, -0.2) is 0 Å². The fraction of sp³-hybridized carbons (Fsp3) is 0.0909. The number of aliphatic hydroxyl groups excluding tert-OH is 1. The second-order valence-electron chi connectivity index (χ2n) is 2.38. The van der Waals surface area contributed by atoms with Gasteiger partial charge in [0.1, 0.15) is 0 Å². The Morgan fingerprint density at radius 2 is 1.83 bits per heavy atom. The van der Waals surface area contributed by atoms with E-state index in [4.69, 9.17) is 5.11 Å². The summed E-state index contributed by atoms with van der Waals surface area (Å²) >= 11 is 0. The quantitative estimate of drug-likeness (QED) is 0.672. The third-order valence-corrected chi connectivity index (χ3v) is 1.44. The zero-order chi connectivity index (χ0) is 8.65. The van der Waals surface area contributed by atoms with E-state index in [1.54, 1.807) is 6.08 Å². The Morgan fingerprint density at radius 1 is 1.08 bits per heavy atom. The molecule has 0 spiro atoms. The van der Waals surface area contributed by atoms with Gasteiger partial charge >= 0.3 is 0 Å². The van der Waals surface area contributed by atoms with Crippen LogP contribution in [0.4, 0.5) is 0 Å². The maximum absolute atomic E-state index is 8.44. The van der Waals surface area contributed by atoms with Gasteiger partial charge in [-0.15, -0.1) is 0 Å². The first kappa shape index (κ1) is 8.75. The maximum atomic E-state index is 8.44. The lowest BCUT2D eigenvalue weighted by molar-refractivity contribution is 0.343. The second kappa shape index (κ2) is 5.33. The fourth-order valence-corrected chi connectivity index (χ4v) is 0.870. The lowest BCUT2D eigenvalue weighted by Gasteiger charge is -1.87. The summed E-state index contributed by atoms with van der Waals surface area (Å²) in [5.74, 6) is 0. The lowest BCUT2D eigenvalue weighted by atomic mass is 10.2. The molecule has 1 nitrogen and oxygen atoms in total. The molecule has 0 heterocycles. The van der Waals surface area contributed by atoms with E-state index in [2.05, 4.69) is 0 Å². The molecule has 0 aromatic heterocycles. The van der Waals surface area contributed by atoms with Crippen LogP contribution in [0.5, 0.6) is 0 Å². The largest absolute Gasteiger partial charge is 0.392 e. The summed E-state index contributed by atoms with van der Waals surface area (Å²) in [5, 5.41) is 8.44. The molecule has 1 N–H and O–H groups in total. The minimum Gasteiger partial charge on any atom is -0.392 e. The summed E-state index contributed by atoms with van der Waals surface area (Å²) in [4.78, 5) is 0. The van der Waals surface area contributed by atoms with Gasteiger partial charge in [-0.3, -0.25) is 0 Å². The van der Waals surface area contributed by atoms with Gasteiger partial charge in [-0.2, -0.15) is 0 Å². The lowest BCUT2D eigenvalue weighted by Crippen LogP contribution is -1.69. The molecule has 0 atom stereocenters. The van der Waals surface area contributed by atoms with E-state index in [0.29, 0.717) is 0 Å². The molecular weight excluding hydrogens is 148 g/mol. The first-order chi connectivity index (χ1) is 5.93. The van der Waals surface area contributed by atoms with E-state index in [-0.39, 0.29) is 6.61 Å². The molecule has 1 heteroatoms. The third-order valence-electron chi connectivity index (χ3n) is 1.44. The average molecular weight is 160 g/mol. The van der Waals surface area contributed by atoms with E-state index in [1.807, 2.05) is 48.6 Å². The van der Waals surface area contributed by atoms with Crippen molar-refractivity contribution >= 4 is 6.08 Å². The standard InChI is InChI=1S/C11H12O/c12-10-6-2-5-9-11-7-3-1-4-8-11/h1-9,12H,10H2/b6-2+,9-5+. The molecule has 0 aliphatic carbocycles. The van der Waals surface area contributed by atoms with Crippen LogP contribution in [0.1, 0.15) is 5.56 Å². The van der Waals surface area contributed by atoms with Gasteiger partial charge < -0.3 is 5.11 Å². The summed E-state index contributed by atoms with van der Waals surface area (Å²) in [5.41, 5.74) is 1.17. The monoisotopic (exact) mass is 160 g/mol. The zero-order valence-electron chi connectivity index (χ0n) is 6.85. The number of hydrogen-bond acceptors (Lipinski definition) is 1. The second-order valence-corrected chi connectivity index (χ2v) is 2.38. The van der Waals surface area contributed by atoms with Gasteiger partial charge in [-0.05, 0) is 5.56 Å². The highest BCUT2D eigenvalue weighted by Gasteiger charge is 1.78. The highest BCUT2D eigenvalue weighted by atomic mass is 16.2. The predicted molar refractivity (Wildman–Crippen MR) is 51.7 cm³/mol. The van der Waals surface area contributed by atoms with Crippen molar-refractivity contribution in [2.45, 2.75) is 0 Å². The van der Waals surface area contributed by atoms with Crippen LogP contribution in [0.2, 0.25) is 0 Å². The van der Waals surface area contributed by atoms with Crippen molar-refractivity contribution in [2.24, 2.45) is 0 Å². The average Bonchev–Trinajstić information content (AvgIpc) is 2.14. The van der Waals surface area contributed by atoms with Crippen molar-refractivity contribution < 1.29 is 5.11 Å². The Hall–Kier alpha value is -1.34. The molecule has 0 aliphatic heterocycles. The van der Waals surface area contributed by atoms with Crippen LogP contribution in [0, 0.1) is 0 Å². The van der Waals surface area contributed by atoms with Crippen molar-refractivity contribution in [3.8, 4) is 0 Å². The van der Waals surface area contributed by atoms with E-state index in [1.165, 1.54) is 5.56 Å². The maximum Gasteiger partial charge on any atom is 0.0615 e. The van der Waals surface area contributed by atoms with Crippen molar-refractivity contribution in [3.63, 3.8) is 0 Å². The van der Waals surface area contributed by atoms with Crippen LogP contribution in [0.3, 0.4) is 0 Å². The Kier molecular flexibility index (Phi) is 3.89. The molecule has 1 rings (SSSR count). The van der Waals surface area contributed by atoms with Crippen molar-refractivity contribution in [1.29, 1.82) is 0 Å². The SMILES string of the molecule is OC/C=C/C=C/c1ccccc1. The molecule has 1 aromatic rings. The normalized spacial score (nSPS) is 11.4. The summed E-state index contributed by atoms with van der Waals surface area (Å²) in [6.07, 6.45) is 7.42. The minimum atomic E-state index is 0.0964. The van der Waals surface area contributed by atoms with Gasteiger partial charge in [0.2, 0.25) is 0 Å². The molecule has 0 aliphatic rings. The van der Waals surface area contributed by atoms with Crippen molar-refractivity contribution in [2.75, 3.05) is 6.61 Å². The summed E-state index contributed by atoms with van der Waals surface area (Å²) in [7, 11) is 0. The van der Waals surface area contributed by atoms with E-state index in [0.717, 1.165) is 0 Å². The zero-order valence-corrected chi connectivity index (χ0v) is 6.85. The highest BCUT2D eigenvalue weighted by Crippen LogP contribution is 2.00. The third kappa shape index (κ3) is 3.17. The van der Waals surface area contributed by atoms with Crippen molar-refractivity contribution in [1.82, 2.24) is 0 Å². The molecule has 0 amide bonds. The van der Waals surface area contributed by atoms with Gasteiger partial charge in [0.05, 0.1) is 6.61 Å². The smallest absolute Gasteiger partial charge is 0.0615 e. The Labute approximate surface area is 72.7 Å². The van der Waals surface area contributed by atoms with Crippen LogP contribution in [-0.2, 0) is 0 Å².